The van der Waals surface area contributed by atoms with Crippen molar-refractivity contribution in [3.63, 3.8) is 0 Å². The highest BCUT2D eigenvalue weighted by atomic mass is 16.6. The van der Waals surface area contributed by atoms with Crippen LogP contribution >= 0.6 is 0 Å². The molecule has 0 bridgehead atoms. The molecule has 208 valence electrons. The van der Waals surface area contributed by atoms with Gasteiger partial charge in [0.15, 0.2) is 0 Å². The molecule has 1 aliphatic heterocycles. The minimum atomic E-state index is -1.28. The molecule has 0 spiro atoms. The maximum Gasteiger partial charge on any atom is 0.118 e. The highest BCUT2D eigenvalue weighted by Crippen LogP contribution is 2.43. The first-order chi connectivity index (χ1) is 18.9. The van der Waals surface area contributed by atoms with E-state index in [1.807, 2.05) is 97.9 Å². The summed E-state index contributed by atoms with van der Waals surface area (Å²) >= 11 is 0. The van der Waals surface area contributed by atoms with Gasteiger partial charge in [0.05, 0.1) is 31.5 Å². The third-order valence-electron chi connectivity index (χ3n) is 7.50. The summed E-state index contributed by atoms with van der Waals surface area (Å²) in [5.41, 5.74) is 1.20. The number of aliphatic hydroxyl groups is 1. The predicted molar refractivity (Wildman–Crippen MR) is 154 cm³/mol. The molecular formula is C34H42O5. The van der Waals surface area contributed by atoms with E-state index in [4.69, 9.17) is 18.9 Å². The largest absolute Gasteiger partial charge is 0.385 e. The van der Waals surface area contributed by atoms with Gasteiger partial charge in [-0.15, -0.1) is 0 Å². The minimum Gasteiger partial charge on any atom is -0.385 e. The first-order valence-corrected chi connectivity index (χ1v) is 13.9. The molecule has 5 heteroatoms. The highest BCUT2D eigenvalue weighted by Gasteiger charge is 2.58. The van der Waals surface area contributed by atoms with Gasteiger partial charge >= 0.3 is 0 Å². The maximum absolute atomic E-state index is 11.9. The van der Waals surface area contributed by atoms with Crippen molar-refractivity contribution in [2.24, 2.45) is 0 Å². The fraction of sp³-hybridized carbons (Fsp3) is 0.412. The Morgan fingerprint density at radius 2 is 1.23 bits per heavy atom. The molecule has 1 fully saturated rings. The SMILES string of the molecule is C/C=C\C[C@H]1O[C@@](C)(CCOCc2ccccc2)[C@H](OCc2ccccc2)[C@H](OCc2ccccc2)[C@]1(C)O. The molecule has 1 saturated heterocycles. The van der Waals surface area contributed by atoms with Gasteiger partial charge in [0.2, 0.25) is 0 Å². The second-order valence-electron chi connectivity index (χ2n) is 10.7. The van der Waals surface area contributed by atoms with Crippen LogP contribution in [0, 0.1) is 0 Å². The normalized spacial score (nSPS) is 27.1. The lowest BCUT2D eigenvalue weighted by molar-refractivity contribution is -0.320. The molecule has 1 N–H and O–H groups in total. The fourth-order valence-corrected chi connectivity index (χ4v) is 5.15. The molecule has 1 heterocycles. The van der Waals surface area contributed by atoms with E-state index in [2.05, 4.69) is 19.1 Å². The van der Waals surface area contributed by atoms with E-state index >= 15 is 0 Å². The molecule has 0 aromatic heterocycles. The van der Waals surface area contributed by atoms with Crippen molar-refractivity contribution in [1.29, 1.82) is 0 Å². The molecule has 1 aliphatic rings. The van der Waals surface area contributed by atoms with Crippen molar-refractivity contribution in [3.8, 4) is 0 Å². The van der Waals surface area contributed by atoms with E-state index in [0.717, 1.165) is 16.7 Å². The number of hydrogen-bond donors (Lipinski definition) is 1. The van der Waals surface area contributed by atoms with E-state index in [1.165, 1.54) is 0 Å². The Hall–Kier alpha value is -2.80. The highest BCUT2D eigenvalue weighted by molar-refractivity contribution is 5.17. The first-order valence-electron chi connectivity index (χ1n) is 13.9. The third kappa shape index (κ3) is 7.87. The Morgan fingerprint density at radius 1 is 0.744 bits per heavy atom. The molecule has 0 aliphatic carbocycles. The zero-order valence-corrected chi connectivity index (χ0v) is 23.4. The van der Waals surface area contributed by atoms with Gasteiger partial charge in [-0.1, -0.05) is 103 Å². The van der Waals surface area contributed by atoms with E-state index in [1.54, 1.807) is 6.92 Å². The van der Waals surface area contributed by atoms with Crippen molar-refractivity contribution < 1.29 is 24.1 Å². The quantitative estimate of drug-likeness (QED) is 0.198. The van der Waals surface area contributed by atoms with Crippen molar-refractivity contribution >= 4 is 0 Å². The van der Waals surface area contributed by atoms with Crippen LogP contribution in [-0.4, -0.2) is 41.2 Å². The number of hydrogen-bond acceptors (Lipinski definition) is 5. The zero-order valence-electron chi connectivity index (χ0n) is 23.4. The second kappa shape index (κ2) is 14.0. The van der Waals surface area contributed by atoms with Gasteiger partial charge in [0, 0.05) is 13.0 Å². The fourth-order valence-electron chi connectivity index (χ4n) is 5.15. The minimum absolute atomic E-state index is 0.365. The first kappa shape index (κ1) is 29.2. The van der Waals surface area contributed by atoms with E-state index in [9.17, 15) is 5.11 Å². The van der Waals surface area contributed by atoms with Crippen LogP contribution in [0.4, 0.5) is 0 Å². The molecule has 39 heavy (non-hydrogen) atoms. The summed E-state index contributed by atoms with van der Waals surface area (Å²) < 4.78 is 26.0. The van der Waals surface area contributed by atoms with E-state index in [-0.39, 0.29) is 0 Å². The Bertz CT molecular complexity index is 1130. The predicted octanol–water partition coefficient (Wildman–Crippen LogP) is 6.64. The van der Waals surface area contributed by atoms with Crippen LogP contribution in [0.15, 0.2) is 103 Å². The molecule has 3 aromatic carbocycles. The van der Waals surface area contributed by atoms with Crippen molar-refractivity contribution in [3.05, 3.63) is 120 Å². The Balaban J connectivity index is 1.58. The van der Waals surface area contributed by atoms with Crippen LogP contribution in [0.3, 0.4) is 0 Å². The second-order valence-corrected chi connectivity index (χ2v) is 10.7. The van der Waals surface area contributed by atoms with E-state index < -0.39 is 29.5 Å². The van der Waals surface area contributed by atoms with Crippen LogP contribution in [0.2, 0.25) is 0 Å². The topological polar surface area (TPSA) is 57.2 Å². The molecule has 0 amide bonds. The van der Waals surface area contributed by atoms with Crippen LogP contribution in [0.5, 0.6) is 0 Å². The van der Waals surface area contributed by atoms with Crippen LogP contribution in [-0.2, 0) is 38.8 Å². The zero-order chi connectivity index (χ0) is 27.6. The molecular weight excluding hydrogens is 488 g/mol. The number of ether oxygens (including phenoxy) is 4. The van der Waals surface area contributed by atoms with Gasteiger partial charge in [-0.3, -0.25) is 0 Å². The monoisotopic (exact) mass is 530 g/mol. The Kier molecular flexibility index (Phi) is 10.5. The molecule has 0 saturated carbocycles. The smallest absolute Gasteiger partial charge is 0.118 e. The average Bonchev–Trinajstić information content (AvgIpc) is 2.96. The van der Waals surface area contributed by atoms with Crippen LogP contribution < -0.4 is 0 Å². The maximum atomic E-state index is 11.9. The summed E-state index contributed by atoms with van der Waals surface area (Å²) in [6, 6.07) is 30.2. The lowest BCUT2D eigenvalue weighted by Crippen LogP contribution is -2.70. The molecule has 5 nitrogen and oxygen atoms in total. The Labute approximate surface area is 233 Å². The Morgan fingerprint density at radius 3 is 1.74 bits per heavy atom. The summed E-state index contributed by atoms with van der Waals surface area (Å²) in [5.74, 6) is 0. The van der Waals surface area contributed by atoms with Crippen molar-refractivity contribution in [2.45, 2.75) is 82.9 Å². The van der Waals surface area contributed by atoms with E-state index in [0.29, 0.717) is 39.3 Å². The molecule has 3 aromatic rings. The summed E-state index contributed by atoms with van der Waals surface area (Å²) in [6.07, 6.45) is 3.56. The van der Waals surface area contributed by atoms with Gasteiger partial charge in [-0.25, -0.2) is 0 Å². The van der Waals surface area contributed by atoms with Crippen molar-refractivity contribution in [2.75, 3.05) is 6.61 Å². The summed E-state index contributed by atoms with van der Waals surface area (Å²) in [6.45, 7) is 7.61. The lowest BCUT2D eigenvalue weighted by atomic mass is 9.76. The number of allylic oxidation sites excluding steroid dienone is 1. The van der Waals surface area contributed by atoms with Gasteiger partial charge in [-0.2, -0.15) is 0 Å². The molecule has 5 atom stereocenters. The molecule has 0 radical (unpaired) electrons. The van der Waals surface area contributed by atoms with Gasteiger partial charge < -0.3 is 24.1 Å². The lowest BCUT2D eigenvalue weighted by Gasteiger charge is -2.55. The van der Waals surface area contributed by atoms with Gasteiger partial charge in [-0.05, 0) is 43.9 Å². The third-order valence-corrected chi connectivity index (χ3v) is 7.50. The van der Waals surface area contributed by atoms with Crippen LogP contribution in [0.1, 0.15) is 50.3 Å². The standard InChI is InChI=1S/C34H42O5/c1-4-5-21-30-34(3,35)32(38-26-29-19-13-8-14-20-29)31(37-25-28-17-11-7-12-18-28)33(2,39-30)22-23-36-24-27-15-9-6-10-16-27/h4-20,30-32,35H,21-26H2,1-3H3/b5-4-/t30-,31-,32+,33+,34-/m1/s1. The summed E-state index contributed by atoms with van der Waals surface area (Å²) in [4.78, 5) is 0. The number of rotatable bonds is 13. The number of benzene rings is 3. The summed E-state index contributed by atoms with van der Waals surface area (Å²) in [5, 5.41) is 11.9. The molecule has 0 unspecified atom stereocenters. The van der Waals surface area contributed by atoms with Gasteiger partial charge in [0.1, 0.15) is 17.8 Å². The average molecular weight is 531 g/mol. The summed E-state index contributed by atoms with van der Waals surface area (Å²) in [7, 11) is 0. The van der Waals surface area contributed by atoms with Crippen molar-refractivity contribution in [1.82, 2.24) is 0 Å². The molecule has 4 rings (SSSR count). The van der Waals surface area contributed by atoms with Gasteiger partial charge in [0.25, 0.3) is 0 Å². The van der Waals surface area contributed by atoms with Crippen LogP contribution in [0.25, 0.3) is 0 Å².